The molecule has 0 bridgehead atoms. The molecule has 2 aliphatic heterocycles. The molecule has 0 saturated carbocycles. The summed E-state index contributed by atoms with van der Waals surface area (Å²) in [6, 6.07) is 7.34. The second-order valence-electron chi connectivity index (χ2n) is 7.71. The van der Waals surface area contributed by atoms with Crippen molar-refractivity contribution in [2.45, 2.75) is 44.6 Å². The fraction of sp³-hybridized carbons (Fsp3) is 0.619. The molecule has 3 rings (SSSR count). The highest BCUT2D eigenvalue weighted by atomic mass is 19.3. The van der Waals surface area contributed by atoms with Gasteiger partial charge in [0.15, 0.2) is 0 Å². The minimum atomic E-state index is -2.70. The number of hydrogen-bond acceptors (Lipinski definition) is 3. The lowest BCUT2D eigenvalue weighted by Crippen LogP contribution is -2.52. The van der Waals surface area contributed by atoms with Crippen molar-refractivity contribution in [3.63, 3.8) is 0 Å². The molecule has 2 amide bonds. The summed E-state index contributed by atoms with van der Waals surface area (Å²) in [5.74, 6) is -3.25. The summed E-state index contributed by atoms with van der Waals surface area (Å²) in [5, 5.41) is 0. The fourth-order valence-electron chi connectivity index (χ4n) is 4.26. The van der Waals surface area contributed by atoms with Crippen LogP contribution in [0.2, 0.25) is 0 Å². The van der Waals surface area contributed by atoms with Crippen LogP contribution in [0.25, 0.3) is 0 Å². The van der Waals surface area contributed by atoms with Gasteiger partial charge in [-0.2, -0.15) is 0 Å². The first kappa shape index (κ1) is 20.7. The molecule has 28 heavy (non-hydrogen) atoms. The molecule has 2 aliphatic rings. The van der Waals surface area contributed by atoms with Crippen molar-refractivity contribution in [2.75, 3.05) is 33.4 Å². The minimum Gasteiger partial charge on any atom is -0.383 e. The average Bonchev–Trinajstić information content (AvgIpc) is 2.67. The van der Waals surface area contributed by atoms with E-state index in [9.17, 15) is 18.4 Å². The first-order valence-electron chi connectivity index (χ1n) is 9.84. The van der Waals surface area contributed by atoms with Gasteiger partial charge in [0.25, 0.3) is 5.92 Å². The molecule has 1 aromatic rings. The zero-order valence-electron chi connectivity index (χ0n) is 16.5. The Bertz CT molecular complexity index is 715. The zero-order valence-corrected chi connectivity index (χ0v) is 16.5. The minimum absolute atomic E-state index is 0.000435. The number of benzene rings is 1. The highest BCUT2D eigenvalue weighted by molar-refractivity contribution is 5.85. The van der Waals surface area contributed by atoms with Gasteiger partial charge in [0.1, 0.15) is 0 Å². The molecule has 0 unspecified atom stereocenters. The molecule has 7 heteroatoms. The number of nitrogens with zero attached hydrogens (tertiary/aromatic N) is 2. The molecule has 5 nitrogen and oxygen atoms in total. The molecule has 0 radical (unpaired) electrons. The van der Waals surface area contributed by atoms with Crippen molar-refractivity contribution in [1.82, 2.24) is 9.80 Å². The van der Waals surface area contributed by atoms with Gasteiger partial charge in [0, 0.05) is 46.0 Å². The van der Waals surface area contributed by atoms with Crippen LogP contribution in [-0.2, 0) is 14.3 Å². The second kappa shape index (κ2) is 8.55. The zero-order chi connectivity index (χ0) is 20.3. The van der Waals surface area contributed by atoms with Crippen molar-refractivity contribution in [1.29, 1.82) is 0 Å². The van der Waals surface area contributed by atoms with Crippen LogP contribution in [0.5, 0.6) is 0 Å². The summed E-state index contributed by atoms with van der Waals surface area (Å²) in [7, 11) is 1.58. The van der Waals surface area contributed by atoms with Crippen molar-refractivity contribution in [3.8, 4) is 0 Å². The van der Waals surface area contributed by atoms with Crippen LogP contribution < -0.4 is 0 Å². The lowest BCUT2D eigenvalue weighted by atomic mass is 9.81. The maximum Gasteiger partial charge on any atom is 0.251 e. The van der Waals surface area contributed by atoms with Gasteiger partial charge >= 0.3 is 0 Å². The molecule has 2 atom stereocenters. The number of likely N-dealkylation sites (tertiary alicyclic amines) is 2. The highest BCUT2D eigenvalue weighted by Gasteiger charge is 2.44. The van der Waals surface area contributed by atoms with Crippen molar-refractivity contribution < 1.29 is 23.1 Å². The predicted octanol–water partition coefficient (Wildman–Crippen LogP) is 3.18. The molecule has 0 aliphatic carbocycles. The van der Waals surface area contributed by atoms with E-state index in [1.807, 2.05) is 31.2 Å². The molecule has 2 saturated heterocycles. The monoisotopic (exact) mass is 394 g/mol. The van der Waals surface area contributed by atoms with Crippen molar-refractivity contribution >= 4 is 11.8 Å². The largest absolute Gasteiger partial charge is 0.383 e. The maximum atomic E-state index is 13.5. The molecule has 2 fully saturated rings. The highest BCUT2D eigenvalue weighted by Crippen LogP contribution is 2.40. The molecule has 1 aromatic carbocycles. The summed E-state index contributed by atoms with van der Waals surface area (Å²) in [6.45, 7) is 2.87. The standard InChI is InChI=1S/C21H28F2N2O3/c1-15-5-3-4-6-16(15)19-17(7-8-18(26)25(19)13-14-28-2)20(27)24-11-9-21(22,23)10-12-24/h3-6,17,19H,7-14H2,1-2H3/t17-,19+/m1/s1. The Morgan fingerprint density at radius 3 is 2.57 bits per heavy atom. The molecule has 2 heterocycles. The van der Waals surface area contributed by atoms with E-state index in [1.54, 1.807) is 16.9 Å². The smallest absolute Gasteiger partial charge is 0.251 e. The van der Waals surface area contributed by atoms with Gasteiger partial charge in [-0.15, -0.1) is 0 Å². The van der Waals surface area contributed by atoms with E-state index in [2.05, 4.69) is 0 Å². The first-order valence-corrected chi connectivity index (χ1v) is 9.84. The third-order valence-corrected chi connectivity index (χ3v) is 5.87. The number of hydrogen-bond donors (Lipinski definition) is 0. The third kappa shape index (κ3) is 4.35. The van der Waals surface area contributed by atoms with Gasteiger partial charge in [-0.05, 0) is 24.5 Å². The van der Waals surface area contributed by atoms with Crippen molar-refractivity contribution in [2.24, 2.45) is 5.92 Å². The van der Waals surface area contributed by atoms with Crippen LogP contribution in [0.1, 0.15) is 42.9 Å². The lowest BCUT2D eigenvalue weighted by Gasteiger charge is -2.43. The second-order valence-corrected chi connectivity index (χ2v) is 7.71. The lowest BCUT2D eigenvalue weighted by molar-refractivity contribution is -0.152. The number of carbonyl (C=O) groups is 2. The van der Waals surface area contributed by atoms with Crippen LogP contribution >= 0.6 is 0 Å². The molecule has 0 aromatic heterocycles. The maximum absolute atomic E-state index is 13.5. The summed E-state index contributed by atoms with van der Waals surface area (Å²) in [5.41, 5.74) is 1.94. The number of aryl methyl sites for hydroxylation is 1. The van der Waals surface area contributed by atoms with E-state index in [0.29, 0.717) is 19.6 Å². The van der Waals surface area contributed by atoms with Gasteiger partial charge in [-0.25, -0.2) is 8.78 Å². The Morgan fingerprint density at radius 1 is 1.25 bits per heavy atom. The van der Waals surface area contributed by atoms with Crippen LogP contribution in [0.15, 0.2) is 24.3 Å². The summed E-state index contributed by atoms with van der Waals surface area (Å²) < 4.78 is 32.2. The van der Waals surface area contributed by atoms with E-state index in [-0.39, 0.29) is 44.2 Å². The Kier molecular flexibility index (Phi) is 6.33. The number of rotatable bonds is 5. The Morgan fingerprint density at radius 2 is 1.93 bits per heavy atom. The molecule has 0 N–H and O–H groups in total. The predicted molar refractivity (Wildman–Crippen MR) is 101 cm³/mol. The summed E-state index contributed by atoms with van der Waals surface area (Å²) in [4.78, 5) is 29.3. The van der Waals surface area contributed by atoms with Gasteiger partial charge in [-0.1, -0.05) is 24.3 Å². The van der Waals surface area contributed by atoms with Gasteiger partial charge in [0.05, 0.1) is 18.6 Å². The quantitative estimate of drug-likeness (QED) is 0.771. The van der Waals surface area contributed by atoms with Crippen LogP contribution in [0.4, 0.5) is 8.78 Å². The SMILES string of the molecule is COCCN1C(=O)CC[C@@H](C(=O)N2CCC(F)(F)CC2)[C@@H]1c1ccccc1C. The Hall–Kier alpha value is -2.02. The average molecular weight is 394 g/mol. The number of carbonyl (C=O) groups excluding carboxylic acids is 2. The van der Waals surface area contributed by atoms with Gasteiger partial charge in [0.2, 0.25) is 11.8 Å². The Labute approximate surface area is 164 Å². The fourth-order valence-corrected chi connectivity index (χ4v) is 4.26. The van der Waals surface area contributed by atoms with E-state index in [0.717, 1.165) is 11.1 Å². The first-order chi connectivity index (χ1) is 13.3. The van der Waals surface area contributed by atoms with Crippen LogP contribution in [0, 0.1) is 12.8 Å². The van der Waals surface area contributed by atoms with E-state index in [4.69, 9.17) is 4.74 Å². The number of halogens is 2. The Balaban J connectivity index is 1.90. The molecular formula is C21H28F2N2O3. The van der Waals surface area contributed by atoms with Gasteiger partial charge in [-0.3, -0.25) is 9.59 Å². The number of amides is 2. The normalized spacial score (nSPS) is 25.1. The van der Waals surface area contributed by atoms with Crippen molar-refractivity contribution in [3.05, 3.63) is 35.4 Å². The van der Waals surface area contributed by atoms with E-state index < -0.39 is 17.9 Å². The number of piperidine rings is 2. The number of ether oxygens (including phenoxy) is 1. The van der Waals surface area contributed by atoms with E-state index >= 15 is 0 Å². The molecule has 0 spiro atoms. The number of methoxy groups -OCH3 is 1. The third-order valence-electron chi connectivity index (χ3n) is 5.87. The van der Waals surface area contributed by atoms with Crippen LogP contribution in [0.3, 0.4) is 0 Å². The topological polar surface area (TPSA) is 49.9 Å². The van der Waals surface area contributed by atoms with Gasteiger partial charge < -0.3 is 14.5 Å². The summed E-state index contributed by atoms with van der Waals surface area (Å²) in [6.07, 6.45) is 0.124. The molecular weight excluding hydrogens is 366 g/mol. The number of alkyl halides is 2. The molecule has 154 valence electrons. The van der Waals surface area contributed by atoms with Crippen LogP contribution in [-0.4, -0.2) is 60.9 Å². The summed E-state index contributed by atoms with van der Waals surface area (Å²) >= 11 is 0. The van der Waals surface area contributed by atoms with E-state index in [1.165, 1.54) is 0 Å².